The van der Waals surface area contributed by atoms with Crippen LogP contribution >= 0.6 is 0 Å². The fourth-order valence-corrected chi connectivity index (χ4v) is 1.44. The van der Waals surface area contributed by atoms with E-state index >= 15 is 0 Å². The van der Waals surface area contributed by atoms with Gasteiger partial charge in [-0.1, -0.05) is 0 Å². The lowest BCUT2D eigenvalue weighted by molar-refractivity contribution is -0.477. The largest absolute Gasteiger partial charge is 0.448 e. The van der Waals surface area contributed by atoms with E-state index in [1.807, 2.05) is 14.1 Å². The zero-order valence-electron chi connectivity index (χ0n) is 7.27. The minimum absolute atomic E-state index is 0.253. The Morgan fingerprint density at radius 2 is 2.00 bits per heavy atom. The average Bonchev–Trinajstić information content (AvgIpc) is 2.08. The van der Waals surface area contributed by atoms with Gasteiger partial charge in [0.25, 0.3) is 0 Å². The van der Waals surface area contributed by atoms with E-state index < -0.39 is 0 Å². The van der Waals surface area contributed by atoms with Gasteiger partial charge in [-0.3, -0.25) is 0 Å². The van der Waals surface area contributed by atoms with E-state index in [9.17, 15) is 0 Å². The SMILES string of the molecule is C[N+](C)=C1OCCC1(C)C. The molecule has 0 N–H and O–H groups in total. The molecule has 0 aromatic rings. The molecule has 0 aromatic heterocycles. The predicted molar refractivity (Wildman–Crippen MR) is 41.5 cm³/mol. The van der Waals surface area contributed by atoms with E-state index in [4.69, 9.17) is 4.74 Å². The third-order valence-corrected chi connectivity index (χ3v) is 1.95. The molecule has 1 aliphatic rings. The topological polar surface area (TPSA) is 12.2 Å². The van der Waals surface area contributed by atoms with Gasteiger partial charge in [-0.25, -0.2) is 4.58 Å². The Balaban J connectivity index is 2.89. The van der Waals surface area contributed by atoms with Crippen LogP contribution in [0.1, 0.15) is 20.3 Å². The second-order valence-corrected chi connectivity index (χ2v) is 3.68. The van der Waals surface area contributed by atoms with Crippen molar-refractivity contribution in [1.82, 2.24) is 0 Å². The lowest BCUT2D eigenvalue weighted by Gasteiger charge is -2.10. The summed E-state index contributed by atoms with van der Waals surface area (Å²) in [6, 6.07) is 0. The van der Waals surface area contributed by atoms with Crippen LogP contribution in [0.3, 0.4) is 0 Å². The number of hydrogen-bond acceptors (Lipinski definition) is 1. The summed E-state index contributed by atoms with van der Waals surface area (Å²) in [6.07, 6.45) is 1.14. The molecule has 0 amide bonds. The molecule has 2 nitrogen and oxygen atoms in total. The minimum atomic E-state index is 0.253. The summed E-state index contributed by atoms with van der Waals surface area (Å²) in [5.74, 6) is 1.12. The number of ether oxygens (including phenoxy) is 1. The third-order valence-electron chi connectivity index (χ3n) is 1.95. The van der Waals surface area contributed by atoms with Crippen molar-refractivity contribution in [2.24, 2.45) is 5.41 Å². The third kappa shape index (κ3) is 1.15. The number of hydrogen-bond donors (Lipinski definition) is 0. The maximum absolute atomic E-state index is 5.47. The molecule has 1 heterocycles. The Bertz CT molecular complexity index is 166. The molecule has 58 valence electrons. The maximum atomic E-state index is 5.47. The van der Waals surface area contributed by atoms with Crippen LogP contribution in [-0.2, 0) is 4.74 Å². The Kier molecular flexibility index (Phi) is 1.71. The summed E-state index contributed by atoms with van der Waals surface area (Å²) in [4.78, 5) is 0. The summed E-state index contributed by atoms with van der Waals surface area (Å²) in [7, 11) is 4.06. The van der Waals surface area contributed by atoms with Crippen LogP contribution in [0.2, 0.25) is 0 Å². The first-order valence-electron chi connectivity index (χ1n) is 3.71. The Hall–Kier alpha value is -0.530. The fraction of sp³-hybridized carbons (Fsp3) is 0.875. The molecule has 0 unspecified atom stereocenters. The molecule has 1 rings (SSSR count). The zero-order valence-corrected chi connectivity index (χ0v) is 7.27. The average molecular weight is 142 g/mol. The fourth-order valence-electron chi connectivity index (χ4n) is 1.44. The van der Waals surface area contributed by atoms with E-state index in [1.54, 1.807) is 0 Å². The molecule has 1 aliphatic heterocycles. The summed E-state index contributed by atoms with van der Waals surface area (Å²) in [5.41, 5.74) is 0.253. The van der Waals surface area contributed by atoms with Crippen LogP contribution < -0.4 is 0 Å². The Morgan fingerprint density at radius 1 is 1.40 bits per heavy atom. The van der Waals surface area contributed by atoms with Gasteiger partial charge in [-0.05, 0) is 13.8 Å². The van der Waals surface area contributed by atoms with Gasteiger partial charge in [-0.15, -0.1) is 0 Å². The molecule has 1 saturated heterocycles. The van der Waals surface area contributed by atoms with E-state index in [-0.39, 0.29) is 5.41 Å². The van der Waals surface area contributed by atoms with Crippen LogP contribution in [0.5, 0.6) is 0 Å². The molecule has 1 fully saturated rings. The van der Waals surface area contributed by atoms with Crippen molar-refractivity contribution in [1.29, 1.82) is 0 Å². The first-order chi connectivity index (χ1) is 4.54. The van der Waals surface area contributed by atoms with Gasteiger partial charge in [0.2, 0.25) is 0 Å². The van der Waals surface area contributed by atoms with Crippen molar-refractivity contribution in [3.8, 4) is 0 Å². The molecule has 2 heteroatoms. The molecule has 0 aliphatic carbocycles. The van der Waals surface area contributed by atoms with Crippen molar-refractivity contribution in [2.45, 2.75) is 20.3 Å². The van der Waals surface area contributed by atoms with Gasteiger partial charge in [0, 0.05) is 6.42 Å². The van der Waals surface area contributed by atoms with Gasteiger partial charge < -0.3 is 4.74 Å². The molecule has 10 heavy (non-hydrogen) atoms. The zero-order chi connectivity index (χ0) is 7.78. The summed E-state index contributed by atoms with van der Waals surface area (Å²) in [5, 5.41) is 0. The second-order valence-electron chi connectivity index (χ2n) is 3.68. The second kappa shape index (κ2) is 2.26. The summed E-state index contributed by atoms with van der Waals surface area (Å²) < 4.78 is 7.53. The predicted octanol–water partition coefficient (Wildman–Crippen LogP) is 1.10. The monoisotopic (exact) mass is 142 g/mol. The van der Waals surface area contributed by atoms with E-state index in [0.717, 1.165) is 18.9 Å². The maximum Gasteiger partial charge on any atom is 0.341 e. The van der Waals surface area contributed by atoms with Crippen molar-refractivity contribution < 1.29 is 9.31 Å². The van der Waals surface area contributed by atoms with Gasteiger partial charge >= 0.3 is 5.90 Å². The van der Waals surface area contributed by atoms with Crippen molar-refractivity contribution in [2.75, 3.05) is 20.7 Å². The highest BCUT2D eigenvalue weighted by Gasteiger charge is 2.38. The van der Waals surface area contributed by atoms with E-state index in [1.165, 1.54) is 0 Å². The van der Waals surface area contributed by atoms with Crippen LogP contribution in [0.25, 0.3) is 0 Å². The molecule has 0 aromatic carbocycles. The van der Waals surface area contributed by atoms with Crippen LogP contribution in [0.4, 0.5) is 0 Å². The lowest BCUT2D eigenvalue weighted by atomic mass is 9.92. The van der Waals surface area contributed by atoms with Crippen molar-refractivity contribution in [3.63, 3.8) is 0 Å². The van der Waals surface area contributed by atoms with Crippen molar-refractivity contribution in [3.05, 3.63) is 0 Å². The molecule has 0 radical (unpaired) electrons. The van der Waals surface area contributed by atoms with Crippen molar-refractivity contribution >= 4 is 5.90 Å². The molecule has 0 bridgehead atoms. The van der Waals surface area contributed by atoms with Gasteiger partial charge in [0.1, 0.15) is 14.1 Å². The van der Waals surface area contributed by atoms with Gasteiger partial charge in [0.15, 0.2) is 0 Å². The quantitative estimate of drug-likeness (QED) is 0.461. The summed E-state index contributed by atoms with van der Waals surface area (Å²) in [6.45, 7) is 5.31. The minimum Gasteiger partial charge on any atom is -0.448 e. The van der Waals surface area contributed by atoms with Crippen LogP contribution in [0.15, 0.2) is 0 Å². The summed E-state index contributed by atoms with van der Waals surface area (Å²) >= 11 is 0. The smallest absolute Gasteiger partial charge is 0.341 e. The number of nitrogens with zero attached hydrogens (tertiary/aromatic N) is 1. The lowest BCUT2D eigenvalue weighted by Crippen LogP contribution is -2.26. The molecule has 0 atom stereocenters. The molecule has 0 saturated carbocycles. The van der Waals surface area contributed by atoms with E-state index in [2.05, 4.69) is 18.4 Å². The number of rotatable bonds is 0. The normalized spacial score (nSPS) is 22.6. The van der Waals surface area contributed by atoms with Crippen LogP contribution in [-0.4, -0.2) is 31.2 Å². The van der Waals surface area contributed by atoms with Gasteiger partial charge in [-0.2, -0.15) is 0 Å². The molecule has 0 spiro atoms. The first-order valence-corrected chi connectivity index (χ1v) is 3.71. The highest BCUT2D eigenvalue weighted by atomic mass is 16.5. The highest BCUT2D eigenvalue weighted by molar-refractivity contribution is 5.78. The first kappa shape index (κ1) is 7.58. The van der Waals surface area contributed by atoms with Gasteiger partial charge in [0.05, 0.1) is 12.0 Å². The van der Waals surface area contributed by atoms with Crippen LogP contribution in [0, 0.1) is 5.41 Å². The highest BCUT2D eigenvalue weighted by Crippen LogP contribution is 2.28. The molecular formula is C8H16NO+. The Labute approximate surface area is 62.5 Å². The standard InChI is InChI=1S/C8H16NO/c1-8(2)5-6-10-7(8)9(3)4/h5-6H2,1-4H3/q+1. The Morgan fingerprint density at radius 3 is 2.20 bits per heavy atom. The van der Waals surface area contributed by atoms with E-state index in [0.29, 0.717) is 0 Å². The molecular weight excluding hydrogens is 126 g/mol.